The third-order valence-electron chi connectivity index (χ3n) is 2.86. The van der Waals surface area contributed by atoms with Crippen LogP contribution in [0.25, 0.3) is 0 Å². The molecule has 2 N–H and O–H groups in total. The molecule has 0 spiro atoms. The van der Waals surface area contributed by atoms with Crippen molar-refractivity contribution in [2.75, 3.05) is 39.6 Å². The molecule has 0 unspecified atom stereocenters. The van der Waals surface area contributed by atoms with Crippen LogP contribution in [0.2, 0.25) is 0 Å². The van der Waals surface area contributed by atoms with Crippen molar-refractivity contribution in [3.63, 3.8) is 0 Å². The number of nitrogens with one attached hydrogen (secondary N) is 2. The zero-order valence-corrected chi connectivity index (χ0v) is 18.5. The van der Waals surface area contributed by atoms with E-state index in [0.29, 0.717) is 39.6 Å². The van der Waals surface area contributed by atoms with E-state index in [1.807, 2.05) is 41.5 Å². The molecule has 0 saturated carbocycles. The standard InChI is InChI=1S/C12H34N3O6P3/c1-7-16-22(17-8-2)13-23(18-9-3,19-10-4)15-24(14-22,20-11-5)21-12-6/h13-14,22-23H,7-12H2,1-6H3. The first-order valence-corrected chi connectivity index (χ1v) is 13.7. The molecule has 9 nitrogen and oxygen atoms in total. The first-order valence-electron chi connectivity index (χ1n) is 8.55. The molecule has 0 aliphatic carbocycles. The normalized spacial score (nSPS) is 24.1. The van der Waals surface area contributed by atoms with Gasteiger partial charge < -0.3 is 0 Å². The maximum absolute atomic E-state index is 5.98. The van der Waals surface area contributed by atoms with Gasteiger partial charge in [-0.2, -0.15) is 0 Å². The van der Waals surface area contributed by atoms with E-state index in [2.05, 4.69) is 9.72 Å². The molecule has 1 aliphatic heterocycles. The summed E-state index contributed by atoms with van der Waals surface area (Å²) in [4.78, 5) is 6.65. The molecule has 12 heteroatoms. The Balaban J connectivity index is 3.43. The molecule has 148 valence electrons. The van der Waals surface area contributed by atoms with Crippen LogP contribution >= 0.6 is 23.7 Å². The number of hydrogen-bond acceptors (Lipinski definition) is 9. The molecular formula is C12H34N3O6P3. The van der Waals surface area contributed by atoms with Crippen LogP contribution in [0.5, 0.6) is 0 Å². The van der Waals surface area contributed by atoms with Crippen molar-refractivity contribution in [2.24, 2.45) is 4.52 Å². The van der Waals surface area contributed by atoms with Crippen molar-refractivity contribution in [1.82, 2.24) is 9.72 Å². The Morgan fingerprint density at radius 2 is 1.17 bits per heavy atom. The summed E-state index contributed by atoms with van der Waals surface area (Å²) in [5.41, 5.74) is 0. The topological polar surface area (TPSA) is 91.8 Å². The average molecular weight is 409 g/mol. The predicted molar refractivity (Wildman–Crippen MR) is 102 cm³/mol. The Morgan fingerprint density at radius 1 is 0.708 bits per heavy atom. The minimum absolute atomic E-state index is 0.440. The Morgan fingerprint density at radius 3 is 1.54 bits per heavy atom. The Labute approximate surface area is 146 Å². The van der Waals surface area contributed by atoms with Crippen molar-refractivity contribution in [1.29, 1.82) is 0 Å². The fourth-order valence-corrected chi connectivity index (χ4v) is 14.5. The van der Waals surface area contributed by atoms with Crippen molar-refractivity contribution in [2.45, 2.75) is 41.5 Å². The molecule has 1 heterocycles. The molecule has 24 heavy (non-hydrogen) atoms. The number of nitrogens with zero attached hydrogens (tertiary/aromatic N) is 1. The van der Waals surface area contributed by atoms with Crippen LogP contribution in [0.15, 0.2) is 4.52 Å². The fraction of sp³-hybridized carbons (Fsp3) is 1.00. The monoisotopic (exact) mass is 409 g/mol. The number of hydrogen-bond donors (Lipinski definition) is 2. The van der Waals surface area contributed by atoms with E-state index in [1.165, 1.54) is 0 Å². The van der Waals surface area contributed by atoms with Crippen molar-refractivity contribution in [3.8, 4) is 0 Å². The van der Waals surface area contributed by atoms with Crippen LogP contribution in [-0.2, 0) is 27.1 Å². The Hall–Kier alpha value is 0.770. The summed E-state index contributed by atoms with van der Waals surface area (Å²) in [5.74, 6) is 0. The van der Waals surface area contributed by atoms with Gasteiger partial charge >= 0.3 is 146 Å². The SMILES string of the molecule is CCOP1(OCC)=N[PH](OCC)(OCC)N[PH](OCC)(OCC)N1. The van der Waals surface area contributed by atoms with E-state index in [1.54, 1.807) is 0 Å². The van der Waals surface area contributed by atoms with E-state index in [9.17, 15) is 0 Å². The number of rotatable bonds is 12. The quantitative estimate of drug-likeness (QED) is 0.464. The molecule has 1 rings (SSSR count). The molecular weight excluding hydrogens is 375 g/mol. The molecule has 0 saturated heterocycles. The molecule has 0 bridgehead atoms. The first kappa shape index (κ1) is 22.8. The average Bonchev–Trinajstić information content (AvgIpc) is 2.48. The zero-order chi connectivity index (χ0) is 18.1. The summed E-state index contributed by atoms with van der Waals surface area (Å²) in [6, 6.07) is 0. The van der Waals surface area contributed by atoms with Gasteiger partial charge in [0.05, 0.1) is 0 Å². The molecule has 1 aliphatic rings. The summed E-state index contributed by atoms with van der Waals surface area (Å²) in [6.07, 6.45) is 0. The Kier molecular flexibility index (Phi) is 10.3. The van der Waals surface area contributed by atoms with E-state index in [0.717, 1.165) is 0 Å². The van der Waals surface area contributed by atoms with E-state index in [-0.39, 0.29) is 0 Å². The first-order chi connectivity index (χ1) is 11.5. The second-order valence-corrected chi connectivity index (χ2v) is 12.4. The van der Waals surface area contributed by atoms with Gasteiger partial charge in [0.2, 0.25) is 0 Å². The molecule has 0 radical (unpaired) electrons. The fourth-order valence-electron chi connectivity index (χ4n) is 2.30. The third-order valence-corrected chi connectivity index (χ3v) is 13.8. The summed E-state index contributed by atoms with van der Waals surface area (Å²) >= 11 is 0. The summed E-state index contributed by atoms with van der Waals surface area (Å²) in [7, 11) is -9.08. The van der Waals surface area contributed by atoms with E-state index in [4.69, 9.17) is 31.7 Å². The minimum atomic E-state index is -3.18. The van der Waals surface area contributed by atoms with Crippen LogP contribution in [0.1, 0.15) is 41.5 Å². The summed E-state index contributed by atoms with van der Waals surface area (Å²) in [5, 5.41) is 0. The van der Waals surface area contributed by atoms with Crippen molar-refractivity contribution >= 4 is 23.7 Å². The maximum atomic E-state index is 5.98. The second kappa shape index (κ2) is 10.8. The molecule has 0 fully saturated rings. The van der Waals surface area contributed by atoms with Crippen LogP contribution in [0, 0.1) is 0 Å². The van der Waals surface area contributed by atoms with Gasteiger partial charge in [0.1, 0.15) is 0 Å². The van der Waals surface area contributed by atoms with Gasteiger partial charge in [0.15, 0.2) is 0 Å². The van der Waals surface area contributed by atoms with E-state index < -0.39 is 23.7 Å². The van der Waals surface area contributed by atoms with Crippen molar-refractivity contribution < 1.29 is 27.1 Å². The summed E-state index contributed by atoms with van der Waals surface area (Å²) in [6.45, 7) is 14.1. The van der Waals surface area contributed by atoms with Gasteiger partial charge in [-0.15, -0.1) is 0 Å². The molecule has 0 aromatic rings. The van der Waals surface area contributed by atoms with Gasteiger partial charge in [0, 0.05) is 0 Å². The molecule has 0 aromatic heterocycles. The van der Waals surface area contributed by atoms with Crippen LogP contribution in [0.3, 0.4) is 0 Å². The summed E-state index contributed by atoms with van der Waals surface area (Å²) < 4.78 is 40.5. The van der Waals surface area contributed by atoms with Crippen LogP contribution in [-0.4, -0.2) is 39.6 Å². The third kappa shape index (κ3) is 5.90. The molecule has 0 aromatic carbocycles. The van der Waals surface area contributed by atoms with Gasteiger partial charge in [-0.05, 0) is 0 Å². The zero-order valence-electron chi connectivity index (χ0n) is 15.6. The van der Waals surface area contributed by atoms with Gasteiger partial charge in [-0.25, -0.2) is 0 Å². The van der Waals surface area contributed by atoms with Crippen molar-refractivity contribution in [3.05, 3.63) is 0 Å². The van der Waals surface area contributed by atoms with Gasteiger partial charge in [-0.3, -0.25) is 0 Å². The second-order valence-electron chi connectivity index (χ2n) is 4.62. The molecule has 0 atom stereocenters. The Bertz CT molecular complexity index is 407. The van der Waals surface area contributed by atoms with E-state index >= 15 is 0 Å². The van der Waals surface area contributed by atoms with Crippen LogP contribution < -0.4 is 9.72 Å². The van der Waals surface area contributed by atoms with Gasteiger partial charge in [-0.1, -0.05) is 0 Å². The molecule has 0 amide bonds. The predicted octanol–water partition coefficient (Wildman–Crippen LogP) is 4.16. The van der Waals surface area contributed by atoms with Gasteiger partial charge in [0.25, 0.3) is 0 Å². The van der Waals surface area contributed by atoms with Crippen LogP contribution in [0.4, 0.5) is 0 Å².